The fraction of sp³-hybridized carbons (Fsp3) is 0.714. The molecule has 0 spiro atoms. The van der Waals surface area contributed by atoms with Crippen molar-refractivity contribution in [3.8, 4) is 0 Å². The van der Waals surface area contributed by atoms with E-state index in [9.17, 15) is 0 Å². The quantitative estimate of drug-likeness (QED) is 0.405. The highest BCUT2D eigenvalue weighted by molar-refractivity contribution is 7.16. The van der Waals surface area contributed by atoms with Crippen molar-refractivity contribution >= 4 is 9.24 Å². The van der Waals surface area contributed by atoms with Crippen molar-refractivity contribution in [3.05, 3.63) is 12.2 Å². The molecule has 0 aromatic carbocycles. The van der Waals surface area contributed by atoms with Crippen molar-refractivity contribution in [2.24, 2.45) is 0 Å². The highest BCUT2D eigenvalue weighted by Crippen LogP contribution is 1.93. The first-order valence-electron chi connectivity index (χ1n) is 3.27. The van der Waals surface area contributed by atoms with E-state index in [1.54, 1.807) is 0 Å². The van der Waals surface area contributed by atoms with E-state index in [0.29, 0.717) is 0 Å². The first kappa shape index (κ1) is 8.17. The molecule has 0 rings (SSSR count). The normalized spacial score (nSPS) is 10.8. The third-order valence-corrected chi connectivity index (χ3v) is 1.29. The Bertz CT molecular complexity index is 49.4. The number of hydrogen-bond acceptors (Lipinski definition) is 0. The van der Waals surface area contributed by atoms with Crippen molar-refractivity contribution in [1.82, 2.24) is 0 Å². The molecule has 0 aromatic rings. The van der Waals surface area contributed by atoms with Crippen LogP contribution in [0, 0.1) is 0 Å². The molecular weight excluding hydrogens is 115 g/mol. The molecule has 0 radical (unpaired) electrons. The van der Waals surface area contributed by atoms with Gasteiger partial charge in [-0.1, -0.05) is 25.5 Å². The molecule has 0 saturated heterocycles. The summed E-state index contributed by atoms with van der Waals surface area (Å²) in [6.07, 6.45) is 9.42. The van der Waals surface area contributed by atoms with Gasteiger partial charge in [0, 0.05) is 0 Å². The number of allylic oxidation sites excluding steroid dienone is 2. The molecule has 0 N–H and O–H groups in total. The maximum atomic E-state index is 2.71. The van der Waals surface area contributed by atoms with E-state index < -0.39 is 0 Å². The lowest BCUT2D eigenvalue weighted by Gasteiger charge is -1.83. The zero-order valence-corrected chi connectivity index (χ0v) is 6.72. The summed E-state index contributed by atoms with van der Waals surface area (Å²) in [5.41, 5.74) is 0. The van der Waals surface area contributed by atoms with Crippen LogP contribution in [0.5, 0.6) is 0 Å². The maximum absolute atomic E-state index is 2.71. The van der Waals surface area contributed by atoms with Crippen LogP contribution in [0.2, 0.25) is 0 Å². The van der Waals surface area contributed by atoms with E-state index in [1.165, 1.54) is 25.4 Å². The van der Waals surface area contributed by atoms with Crippen LogP contribution in [0.15, 0.2) is 12.2 Å². The van der Waals surface area contributed by atoms with E-state index in [4.69, 9.17) is 0 Å². The molecular formula is C7H15P. The van der Waals surface area contributed by atoms with E-state index in [1.807, 2.05) is 0 Å². The van der Waals surface area contributed by atoms with Gasteiger partial charge in [-0.05, 0) is 19.0 Å². The summed E-state index contributed by atoms with van der Waals surface area (Å²) in [5, 5.41) is 0. The monoisotopic (exact) mass is 130 g/mol. The summed E-state index contributed by atoms with van der Waals surface area (Å²) in [5.74, 6) is 0. The van der Waals surface area contributed by atoms with Gasteiger partial charge in [-0.25, -0.2) is 0 Å². The Hall–Kier alpha value is 0.170. The Morgan fingerprint density at radius 3 is 2.38 bits per heavy atom. The van der Waals surface area contributed by atoms with Crippen molar-refractivity contribution in [1.29, 1.82) is 0 Å². The minimum atomic E-state index is 1.19. The first-order valence-corrected chi connectivity index (χ1v) is 4.08. The van der Waals surface area contributed by atoms with Crippen LogP contribution in [0.25, 0.3) is 0 Å². The summed E-state index contributed by atoms with van der Waals surface area (Å²) < 4.78 is 0. The molecule has 1 unspecified atom stereocenters. The Morgan fingerprint density at radius 2 is 1.88 bits per heavy atom. The predicted molar refractivity (Wildman–Crippen MR) is 43.2 cm³/mol. The van der Waals surface area contributed by atoms with Gasteiger partial charge >= 0.3 is 0 Å². The van der Waals surface area contributed by atoms with Crippen LogP contribution in [0.1, 0.15) is 26.2 Å². The predicted octanol–water partition coefficient (Wildman–Crippen LogP) is 2.61. The zero-order chi connectivity index (χ0) is 6.24. The van der Waals surface area contributed by atoms with Gasteiger partial charge in [0.2, 0.25) is 0 Å². The Labute approximate surface area is 54.6 Å². The van der Waals surface area contributed by atoms with Gasteiger partial charge in [0.25, 0.3) is 0 Å². The van der Waals surface area contributed by atoms with Crippen LogP contribution in [0.3, 0.4) is 0 Å². The lowest BCUT2D eigenvalue weighted by molar-refractivity contribution is 0.952. The molecule has 0 aliphatic heterocycles. The van der Waals surface area contributed by atoms with E-state index in [2.05, 4.69) is 28.3 Å². The molecule has 1 heteroatoms. The minimum Gasteiger partial charge on any atom is -0.137 e. The topological polar surface area (TPSA) is 0 Å². The summed E-state index contributed by atoms with van der Waals surface area (Å²) in [7, 11) is 2.71. The molecule has 0 fully saturated rings. The van der Waals surface area contributed by atoms with Crippen molar-refractivity contribution in [2.75, 3.05) is 6.16 Å². The van der Waals surface area contributed by atoms with Crippen molar-refractivity contribution in [3.63, 3.8) is 0 Å². The summed E-state index contributed by atoms with van der Waals surface area (Å²) in [6.45, 7) is 2.20. The standard InChI is InChI=1S/C7H15P/c1-2-3-4-5-6-7-8/h4-5H,2-3,6-8H2,1H3. The van der Waals surface area contributed by atoms with E-state index in [0.717, 1.165) is 0 Å². The average Bonchev–Trinajstić information content (AvgIpc) is 1.81. The number of unbranched alkanes of at least 4 members (excludes halogenated alkanes) is 1. The molecule has 1 atom stereocenters. The molecule has 0 aliphatic carbocycles. The fourth-order valence-electron chi connectivity index (χ4n) is 0.499. The molecule has 0 aliphatic rings. The molecule has 0 aromatic heterocycles. The van der Waals surface area contributed by atoms with Crippen molar-refractivity contribution in [2.45, 2.75) is 26.2 Å². The summed E-state index contributed by atoms with van der Waals surface area (Å²) >= 11 is 0. The second-order valence-corrected chi connectivity index (χ2v) is 2.41. The molecule has 0 heterocycles. The van der Waals surface area contributed by atoms with Gasteiger partial charge in [0.1, 0.15) is 0 Å². The van der Waals surface area contributed by atoms with Gasteiger partial charge in [-0.15, -0.1) is 9.24 Å². The zero-order valence-electron chi connectivity index (χ0n) is 5.56. The van der Waals surface area contributed by atoms with Gasteiger partial charge in [-0.2, -0.15) is 0 Å². The molecule has 0 saturated carbocycles. The van der Waals surface area contributed by atoms with Crippen LogP contribution in [0.4, 0.5) is 0 Å². The van der Waals surface area contributed by atoms with Gasteiger partial charge in [0.15, 0.2) is 0 Å². The Kier molecular flexibility index (Phi) is 7.32. The average molecular weight is 130 g/mol. The largest absolute Gasteiger partial charge is 0.137 e. The van der Waals surface area contributed by atoms with Crippen LogP contribution >= 0.6 is 9.24 Å². The van der Waals surface area contributed by atoms with Crippen LogP contribution in [-0.4, -0.2) is 6.16 Å². The highest BCUT2D eigenvalue weighted by Gasteiger charge is 1.72. The molecule has 0 nitrogen and oxygen atoms in total. The van der Waals surface area contributed by atoms with E-state index in [-0.39, 0.29) is 0 Å². The third kappa shape index (κ3) is 6.17. The van der Waals surface area contributed by atoms with E-state index >= 15 is 0 Å². The first-order chi connectivity index (χ1) is 3.91. The van der Waals surface area contributed by atoms with Crippen LogP contribution in [-0.2, 0) is 0 Å². The second-order valence-electron chi connectivity index (χ2n) is 1.84. The summed E-state index contributed by atoms with van der Waals surface area (Å²) in [4.78, 5) is 0. The minimum absolute atomic E-state index is 1.19. The van der Waals surface area contributed by atoms with Gasteiger partial charge in [-0.3, -0.25) is 0 Å². The molecule has 0 amide bonds. The second kappa shape index (κ2) is 7.17. The SMILES string of the molecule is CCCC=CCCP. The fourth-order valence-corrected chi connectivity index (χ4v) is 0.691. The molecule has 0 bridgehead atoms. The smallest absolute Gasteiger partial charge is 0.0316 e. The third-order valence-electron chi connectivity index (χ3n) is 0.955. The lowest BCUT2D eigenvalue weighted by atomic mass is 10.3. The molecule has 48 valence electrons. The van der Waals surface area contributed by atoms with Crippen LogP contribution < -0.4 is 0 Å². The number of hydrogen-bond donors (Lipinski definition) is 0. The number of rotatable bonds is 4. The maximum Gasteiger partial charge on any atom is -0.0316 e. The van der Waals surface area contributed by atoms with Gasteiger partial charge in [0.05, 0.1) is 0 Å². The molecule has 8 heavy (non-hydrogen) atoms. The highest BCUT2D eigenvalue weighted by atomic mass is 31.0. The Morgan fingerprint density at radius 1 is 1.25 bits per heavy atom. The van der Waals surface area contributed by atoms with Crippen molar-refractivity contribution < 1.29 is 0 Å². The lowest BCUT2D eigenvalue weighted by Crippen LogP contribution is -1.65. The summed E-state index contributed by atoms with van der Waals surface area (Å²) in [6, 6.07) is 0. The Balaban J connectivity index is 2.83. The van der Waals surface area contributed by atoms with Gasteiger partial charge < -0.3 is 0 Å².